The molecule has 0 radical (unpaired) electrons. The van der Waals surface area contributed by atoms with E-state index in [4.69, 9.17) is 5.11 Å². The lowest BCUT2D eigenvalue weighted by atomic mass is 10.2. The molecule has 1 heterocycles. The van der Waals surface area contributed by atoms with Crippen LogP contribution in [0, 0.1) is 6.92 Å². The van der Waals surface area contributed by atoms with Crippen molar-refractivity contribution in [1.29, 1.82) is 0 Å². The average molecular weight is 294 g/mol. The van der Waals surface area contributed by atoms with Crippen molar-refractivity contribution in [2.45, 2.75) is 11.8 Å². The van der Waals surface area contributed by atoms with E-state index in [0.717, 1.165) is 11.6 Å². The van der Waals surface area contributed by atoms with Gasteiger partial charge in [-0.25, -0.2) is 13.2 Å². The Labute approximate surface area is 116 Å². The molecule has 1 aromatic carbocycles. The summed E-state index contributed by atoms with van der Waals surface area (Å²) in [6.45, 7) is 1.85. The Morgan fingerprint density at radius 2 is 2.00 bits per heavy atom. The van der Waals surface area contributed by atoms with Crippen LogP contribution >= 0.6 is 0 Å². The Bertz CT molecular complexity index is 762. The molecule has 0 fully saturated rings. The third kappa shape index (κ3) is 2.83. The van der Waals surface area contributed by atoms with Crippen LogP contribution in [0.3, 0.4) is 0 Å². The van der Waals surface area contributed by atoms with Crippen molar-refractivity contribution in [2.75, 3.05) is 4.72 Å². The smallest absolute Gasteiger partial charge is 0.352 e. The summed E-state index contributed by atoms with van der Waals surface area (Å²) >= 11 is 0. The SMILES string of the molecule is Cc1cccc(NS(=O)(=O)c2cc(C(=O)O)n(C)c2)c1. The number of carboxylic acids is 1. The van der Waals surface area contributed by atoms with Crippen LogP contribution in [-0.4, -0.2) is 24.1 Å². The van der Waals surface area contributed by atoms with Gasteiger partial charge < -0.3 is 9.67 Å². The molecule has 0 spiro atoms. The molecule has 0 unspecified atom stereocenters. The van der Waals surface area contributed by atoms with Gasteiger partial charge in [0.05, 0.1) is 0 Å². The second-order valence-electron chi connectivity index (χ2n) is 4.45. The largest absolute Gasteiger partial charge is 0.477 e. The second-order valence-corrected chi connectivity index (χ2v) is 6.13. The van der Waals surface area contributed by atoms with E-state index < -0.39 is 16.0 Å². The maximum atomic E-state index is 12.2. The van der Waals surface area contributed by atoms with Crippen molar-refractivity contribution in [2.24, 2.45) is 7.05 Å². The van der Waals surface area contributed by atoms with Gasteiger partial charge in [-0.3, -0.25) is 4.72 Å². The Morgan fingerprint density at radius 3 is 2.55 bits per heavy atom. The molecule has 2 N–H and O–H groups in total. The molecule has 0 saturated heterocycles. The third-order valence-electron chi connectivity index (χ3n) is 2.78. The standard InChI is InChI=1S/C13H14N2O4S/c1-9-4-3-5-10(6-9)14-20(18,19)11-7-12(13(16)17)15(2)8-11/h3-8,14H,1-2H3,(H,16,17). The number of hydrogen-bond donors (Lipinski definition) is 2. The number of nitrogens with zero attached hydrogens (tertiary/aromatic N) is 1. The van der Waals surface area contributed by atoms with Gasteiger partial charge in [-0.05, 0) is 30.7 Å². The molecule has 2 aromatic rings. The van der Waals surface area contributed by atoms with Gasteiger partial charge in [-0.2, -0.15) is 0 Å². The molecule has 0 aliphatic rings. The molecule has 7 heteroatoms. The number of hydrogen-bond acceptors (Lipinski definition) is 3. The quantitative estimate of drug-likeness (QED) is 0.900. The molecule has 0 atom stereocenters. The Hall–Kier alpha value is -2.28. The third-order valence-corrected chi connectivity index (χ3v) is 4.13. The lowest BCUT2D eigenvalue weighted by Crippen LogP contribution is -2.12. The van der Waals surface area contributed by atoms with Crippen molar-refractivity contribution in [3.05, 3.63) is 47.8 Å². The first-order chi connectivity index (χ1) is 9.29. The lowest BCUT2D eigenvalue weighted by Gasteiger charge is -2.06. The van der Waals surface area contributed by atoms with Gasteiger partial charge in [0.2, 0.25) is 0 Å². The van der Waals surface area contributed by atoms with Gasteiger partial charge in [-0.15, -0.1) is 0 Å². The van der Waals surface area contributed by atoms with Crippen LogP contribution in [0.25, 0.3) is 0 Å². The number of rotatable bonds is 4. The molecule has 20 heavy (non-hydrogen) atoms. The first-order valence-electron chi connectivity index (χ1n) is 5.79. The van der Waals surface area contributed by atoms with E-state index in [9.17, 15) is 13.2 Å². The number of aryl methyl sites for hydroxylation is 2. The minimum absolute atomic E-state index is 0.0843. The van der Waals surface area contributed by atoms with E-state index in [1.165, 1.54) is 17.8 Å². The van der Waals surface area contributed by atoms with Gasteiger partial charge in [0.1, 0.15) is 10.6 Å². The van der Waals surface area contributed by atoms with Gasteiger partial charge >= 0.3 is 5.97 Å². The topological polar surface area (TPSA) is 88.4 Å². The number of carbonyl (C=O) groups is 1. The zero-order valence-corrected chi connectivity index (χ0v) is 11.8. The van der Waals surface area contributed by atoms with Crippen molar-refractivity contribution in [3.63, 3.8) is 0 Å². The van der Waals surface area contributed by atoms with Crippen molar-refractivity contribution in [1.82, 2.24) is 4.57 Å². The Kier molecular flexibility index (Phi) is 3.54. The van der Waals surface area contributed by atoms with E-state index in [1.807, 2.05) is 13.0 Å². The van der Waals surface area contributed by atoms with E-state index in [2.05, 4.69) is 4.72 Å². The minimum atomic E-state index is -3.80. The highest BCUT2D eigenvalue weighted by molar-refractivity contribution is 7.92. The molecule has 0 amide bonds. The molecule has 0 saturated carbocycles. The van der Waals surface area contributed by atoms with Crippen molar-refractivity contribution < 1.29 is 18.3 Å². The highest BCUT2D eigenvalue weighted by Gasteiger charge is 2.20. The number of sulfonamides is 1. The van der Waals surface area contributed by atoms with Crippen LogP contribution in [-0.2, 0) is 17.1 Å². The van der Waals surface area contributed by atoms with Crippen LogP contribution in [0.4, 0.5) is 5.69 Å². The van der Waals surface area contributed by atoms with E-state index in [-0.39, 0.29) is 10.6 Å². The van der Waals surface area contributed by atoms with E-state index in [1.54, 1.807) is 18.2 Å². The van der Waals surface area contributed by atoms with Crippen LogP contribution in [0.2, 0.25) is 0 Å². The first-order valence-corrected chi connectivity index (χ1v) is 7.27. The normalized spacial score (nSPS) is 11.3. The number of aromatic nitrogens is 1. The van der Waals surface area contributed by atoms with Crippen LogP contribution in [0.15, 0.2) is 41.4 Å². The van der Waals surface area contributed by atoms with E-state index in [0.29, 0.717) is 5.69 Å². The van der Waals surface area contributed by atoms with Gasteiger partial charge in [0.15, 0.2) is 0 Å². The zero-order chi connectivity index (χ0) is 14.9. The summed E-state index contributed by atoms with van der Waals surface area (Å²) < 4.78 is 28.0. The van der Waals surface area contributed by atoms with Crippen LogP contribution in [0.1, 0.15) is 16.1 Å². The van der Waals surface area contributed by atoms with Gasteiger partial charge in [0.25, 0.3) is 10.0 Å². The highest BCUT2D eigenvalue weighted by atomic mass is 32.2. The number of aromatic carboxylic acids is 1. The predicted octanol–water partition coefficient (Wildman–Crippen LogP) is 1.83. The molecule has 0 bridgehead atoms. The number of nitrogens with one attached hydrogen (secondary N) is 1. The zero-order valence-electron chi connectivity index (χ0n) is 11.0. The molecular weight excluding hydrogens is 280 g/mol. The van der Waals surface area contributed by atoms with Gasteiger partial charge in [-0.1, -0.05) is 12.1 Å². The molecule has 6 nitrogen and oxygen atoms in total. The summed E-state index contributed by atoms with van der Waals surface area (Å²) in [6, 6.07) is 8.04. The summed E-state index contributed by atoms with van der Waals surface area (Å²) in [7, 11) is -2.32. The summed E-state index contributed by atoms with van der Waals surface area (Å²) in [6.07, 6.45) is 1.27. The molecule has 0 aliphatic carbocycles. The van der Waals surface area contributed by atoms with Crippen molar-refractivity contribution in [3.8, 4) is 0 Å². The fourth-order valence-corrected chi connectivity index (χ4v) is 2.94. The summed E-state index contributed by atoms with van der Waals surface area (Å²) in [5.74, 6) is -1.18. The maximum absolute atomic E-state index is 12.2. The first kappa shape index (κ1) is 14.1. The second kappa shape index (κ2) is 5.01. The summed E-state index contributed by atoms with van der Waals surface area (Å²) in [4.78, 5) is 10.8. The Balaban J connectivity index is 2.36. The predicted molar refractivity (Wildman–Crippen MR) is 74.4 cm³/mol. The molecule has 1 aromatic heterocycles. The van der Waals surface area contributed by atoms with Crippen molar-refractivity contribution >= 4 is 21.7 Å². The fraction of sp³-hybridized carbons (Fsp3) is 0.154. The van der Waals surface area contributed by atoms with Crippen LogP contribution in [0.5, 0.6) is 0 Å². The minimum Gasteiger partial charge on any atom is -0.477 e. The average Bonchev–Trinajstić information content (AvgIpc) is 2.71. The number of benzene rings is 1. The molecule has 0 aliphatic heterocycles. The summed E-state index contributed by atoms with van der Waals surface area (Å²) in [5, 5.41) is 8.93. The highest BCUT2D eigenvalue weighted by Crippen LogP contribution is 2.19. The number of anilines is 1. The van der Waals surface area contributed by atoms with Gasteiger partial charge in [0, 0.05) is 18.9 Å². The molecular formula is C13H14N2O4S. The Morgan fingerprint density at radius 1 is 1.30 bits per heavy atom. The van der Waals surface area contributed by atoms with Crippen LogP contribution < -0.4 is 4.72 Å². The lowest BCUT2D eigenvalue weighted by molar-refractivity contribution is 0.0686. The fourth-order valence-electron chi connectivity index (χ4n) is 1.82. The molecule has 2 rings (SSSR count). The van der Waals surface area contributed by atoms with E-state index >= 15 is 0 Å². The maximum Gasteiger partial charge on any atom is 0.352 e. The molecule has 106 valence electrons. The summed E-state index contributed by atoms with van der Waals surface area (Å²) in [5.41, 5.74) is 1.27. The number of carboxylic acid groups (broad SMARTS) is 1. The monoisotopic (exact) mass is 294 g/mol.